The molecule has 10 nitrogen and oxygen atoms in total. The van der Waals surface area contributed by atoms with Crippen LogP contribution in [0, 0.1) is 36.6 Å². The summed E-state index contributed by atoms with van der Waals surface area (Å²) in [6.45, 7) is 4.04. The van der Waals surface area contributed by atoms with Crippen LogP contribution in [0.2, 0.25) is 0 Å². The normalized spacial score (nSPS) is 14.6. The summed E-state index contributed by atoms with van der Waals surface area (Å²) < 4.78 is 5.45. The minimum Gasteiger partial charge on any atom is -0.497 e. The van der Waals surface area contributed by atoms with Crippen LogP contribution in [0.25, 0.3) is 21.8 Å². The Morgan fingerprint density at radius 1 is 1.18 bits per heavy atom. The summed E-state index contributed by atoms with van der Waals surface area (Å²) >= 11 is 0. The summed E-state index contributed by atoms with van der Waals surface area (Å²) in [5.41, 5.74) is 18.1. The number of nitrogens with two attached hydrogens (primary N) is 2. The molecule has 0 spiro atoms. The van der Waals surface area contributed by atoms with Gasteiger partial charge in [-0.3, -0.25) is 5.32 Å². The molecule has 0 fully saturated rings. The third kappa shape index (κ3) is 2.93. The minimum atomic E-state index is -0.619. The summed E-state index contributed by atoms with van der Waals surface area (Å²) in [5.74, 6) is 1.33. The predicted octanol–water partition coefficient (Wildman–Crippen LogP) is 3.32. The standard InChI is InChI=1S/C24H21N9O/c1-10-6-13(11(2)17-14-7-12(34-3)4-5-16(14)30-20(10)17)21-18-19(27)15(8-25)22(28)32-23(18)33-24(31-21)29-9-26/h4-7,21,30H,1-3H3,(H6,27,28,29,31,32,33). The van der Waals surface area contributed by atoms with Crippen LogP contribution < -0.4 is 26.8 Å². The number of guanidine groups is 1. The van der Waals surface area contributed by atoms with E-state index in [4.69, 9.17) is 21.2 Å². The van der Waals surface area contributed by atoms with Crippen LogP contribution in [0.15, 0.2) is 29.3 Å². The summed E-state index contributed by atoms with van der Waals surface area (Å²) in [7, 11) is 1.64. The fourth-order valence-corrected chi connectivity index (χ4v) is 4.63. The molecule has 0 bridgehead atoms. The zero-order chi connectivity index (χ0) is 24.1. The van der Waals surface area contributed by atoms with Gasteiger partial charge in [0.15, 0.2) is 6.19 Å². The van der Waals surface area contributed by atoms with Gasteiger partial charge in [0.05, 0.1) is 12.8 Å². The van der Waals surface area contributed by atoms with Crippen molar-refractivity contribution in [3.05, 3.63) is 52.1 Å². The van der Waals surface area contributed by atoms with Crippen molar-refractivity contribution < 1.29 is 4.74 Å². The highest BCUT2D eigenvalue weighted by atomic mass is 16.5. The van der Waals surface area contributed by atoms with Gasteiger partial charge in [-0.1, -0.05) is 6.07 Å². The quantitative estimate of drug-likeness (QED) is 0.228. The lowest BCUT2D eigenvalue weighted by molar-refractivity contribution is 0.415. The minimum absolute atomic E-state index is 0.00952. The fourth-order valence-electron chi connectivity index (χ4n) is 4.63. The van der Waals surface area contributed by atoms with Gasteiger partial charge in [-0.25, -0.2) is 9.98 Å². The number of ether oxygens (including phenoxy) is 1. The largest absolute Gasteiger partial charge is 0.497 e. The monoisotopic (exact) mass is 451 g/mol. The molecule has 1 aliphatic rings. The first-order valence-corrected chi connectivity index (χ1v) is 10.5. The second-order valence-corrected chi connectivity index (χ2v) is 8.10. The lowest BCUT2D eigenvalue weighted by Crippen LogP contribution is -2.33. The van der Waals surface area contributed by atoms with Crippen molar-refractivity contribution in [3.8, 4) is 18.0 Å². The molecule has 34 heavy (non-hydrogen) atoms. The number of benzene rings is 2. The van der Waals surface area contributed by atoms with Crippen molar-refractivity contribution in [1.82, 2.24) is 15.3 Å². The first-order valence-electron chi connectivity index (χ1n) is 10.5. The average Bonchev–Trinajstić information content (AvgIpc) is 3.21. The molecule has 0 aliphatic carbocycles. The zero-order valence-corrected chi connectivity index (χ0v) is 18.7. The highest BCUT2D eigenvalue weighted by Crippen LogP contribution is 2.44. The van der Waals surface area contributed by atoms with Gasteiger partial charge >= 0.3 is 0 Å². The maximum absolute atomic E-state index is 9.60. The van der Waals surface area contributed by atoms with E-state index in [-0.39, 0.29) is 23.0 Å². The third-order valence-electron chi connectivity index (χ3n) is 6.23. The van der Waals surface area contributed by atoms with Gasteiger partial charge in [-0.15, -0.1) is 0 Å². The van der Waals surface area contributed by atoms with Crippen LogP contribution in [0.3, 0.4) is 0 Å². The summed E-state index contributed by atoms with van der Waals surface area (Å²) in [6, 6.07) is 9.36. The molecule has 5 rings (SSSR count). The van der Waals surface area contributed by atoms with Crippen molar-refractivity contribution >= 4 is 45.1 Å². The van der Waals surface area contributed by atoms with E-state index in [2.05, 4.69) is 20.6 Å². The molecule has 168 valence electrons. The number of fused-ring (bicyclic) bond motifs is 4. The molecule has 7 N–H and O–H groups in total. The number of aryl methyl sites for hydroxylation is 2. The molecule has 1 aliphatic heterocycles. The van der Waals surface area contributed by atoms with E-state index < -0.39 is 6.04 Å². The fraction of sp³-hybridized carbons (Fsp3) is 0.167. The average molecular weight is 451 g/mol. The van der Waals surface area contributed by atoms with Crippen LogP contribution in [-0.2, 0) is 0 Å². The number of pyridine rings is 1. The first kappa shape index (κ1) is 20.9. The number of rotatable bonds is 2. The highest BCUT2D eigenvalue weighted by molar-refractivity contribution is 6.11. The Hall–Kier alpha value is -4.96. The van der Waals surface area contributed by atoms with E-state index in [1.165, 1.54) is 0 Å². The van der Waals surface area contributed by atoms with Gasteiger partial charge in [0.2, 0.25) is 5.96 Å². The summed E-state index contributed by atoms with van der Waals surface area (Å²) in [6.07, 6.45) is 1.88. The van der Waals surface area contributed by atoms with Crippen LogP contribution in [-0.4, -0.2) is 23.0 Å². The van der Waals surface area contributed by atoms with Crippen LogP contribution >= 0.6 is 0 Å². The van der Waals surface area contributed by atoms with E-state index >= 15 is 0 Å². The SMILES string of the molecule is COc1ccc2[nH]c3c(C)cc(C4N=C(NC#N)Nc5nc(N)c(C#N)c(N)c54)c(C)c3c2c1. The molecular weight excluding hydrogens is 430 g/mol. The molecule has 0 saturated heterocycles. The maximum Gasteiger partial charge on any atom is 0.211 e. The summed E-state index contributed by atoms with van der Waals surface area (Å²) in [5, 5.41) is 26.3. The van der Waals surface area contributed by atoms with Gasteiger partial charge in [-0.05, 0) is 48.7 Å². The Bertz CT molecular complexity index is 1620. The molecule has 1 atom stereocenters. The molecule has 1 unspecified atom stereocenters. The Balaban J connectivity index is 1.84. The second-order valence-electron chi connectivity index (χ2n) is 8.10. The third-order valence-corrected chi connectivity index (χ3v) is 6.23. The van der Waals surface area contributed by atoms with Crippen molar-refractivity contribution in [1.29, 1.82) is 10.5 Å². The molecule has 0 amide bonds. The van der Waals surface area contributed by atoms with Crippen molar-refractivity contribution in [2.75, 3.05) is 23.9 Å². The lowest BCUT2D eigenvalue weighted by atomic mass is 9.89. The number of aromatic nitrogens is 2. The Morgan fingerprint density at radius 2 is 1.97 bits per heavy atom. The lowest BCUT2D eigenvalue weighted by Gasteiger charge is -2.27. The Labute approximate surface area is 194 Å². The zero-order valence-electron chi connectivity index (χ0n) is 18.7. The number of nitriles is 2. The van der Waals surface area contributed by atoms with E-state index in [1.807, 2.05) is 50.4 Å². The molecule has 0 saturated carbocycles. The smallest absolute Gasteiger partial charge is 0.211 e. The van der Waals surface area contributed by atoms with E-state index in [1.54, 1.807) is 7.11 Å². The van der Waals surface area contributed by atoms with Crippen LogP contribution in [0.5, 0.6) is 5.75 Å². The molecule has 3 heterocycles. The first-order chi connectivity index (χ1) is 16.4. The molecule has 2 aromatic carbocycles. The van der Waals surface area contributed by atoms with Crippen LogP contribution in [0.1, 0.15) is 33.9 Å². The number of anilines is 3. The number of hydrogen-bond donors (Lipinski definition) is 5. The number of aromatic amines is 1. The maximum atomic E-state index is 9.60. The van der Waals surface area contributed by atoms with E-state index in [0.29, 0.717) is 11.4 Å². The summed E-state index contributed by atoms with van der Waals surface area (Å²) in [4.78, 5) is 12.6. The molecule has 0 radical (unpaired) electrons. The number of nitrogen functional groups attached to an aromatic ring is 2. The van der Waals surface area contributed by atoms with Crippen molar-refractivity contribution in [3.63, 3.8) is 0 Å². The number of nitrogens with one attached hydrogen (secondary N) is 3. The van der Waals surface area contributed by atoms with Gasteiger partial charge in [0, 0.05) is 27.4 Å². The van der Waals surface area contributed by atoms with Crippen molar-refractivity contribution in [2.45, 2.75) is 19.9 Å². The molecule has 2 aromatic heterocycles. The van der Waals surface area contributed by atoms with Gasteiger partial charge in [0.1, 0.15) is 35.1 Å². The Kier molecular flexibility index (Phi) is 4.66. The van der Waals surface area contributed by atoms with E-state index in [0.717, 1.165) is 44.2 Å². The van der Waals surface area contributed by atoms with Gasteiger partial charge < -0.3 is 26.5 Å². The van der Waals surface area contributed by atoms with Crippen molar-refractivity contribution in [2.24, 2.45) is 4.99 Å². The van der Waals surface area contributed by atoms with Crippen LogP contribution in [0.4, 0.5) is 17.3 Å². The second kappa shape index (κ2) is 7.57. The predicted molar refractivity (Wildman–Crippen MR) is 131 cm³/mol. The molecular formula is C24H21N9O. The molecule has 4 aromatic rings. The van der Waals surface area contributed by atoms with Gasteiger partial charge in [0.25, 0.3) is 0 Å². The molecule has 10 heteroatoms. The highest BCUT2D eigenvalue weighted by Gasteiger charge is 2.31. The number of H-pyrrole nitrogens is 1. The number of hydrogen-bond acceptors (Lipinski definition) is 9. The number of nitrogens with zero attached hydrogens (tertiary/aromatic N) is 4. The Morgan fingerprint density at radius 3 is 2.68 bits per heavy atom. The van der Waals surface area contributed by atoms with E-state index in [9.17, 15) is 10.5 Å². The van der Waals surface area contributed by atoms with Gasteiger partial charge in [-0.2, -0.15) is 10.5 Å². The topological polar surface area (TPSA) is 174 Å². The number of methoxy groups -OCH3 is 1. The number of aliphatic imine (C=N–C) groups is 1.